The Morgan fingerprint density at radius 2 is 2.14 bits per heavy atom. The highest BCUT2D eigenvalue weighted by Gasteiger charge is 2.09. The molecule has 6 heteroatoms. The summed E-state index contributed by atoms with van der Waals surface area (Å²) in [6.07, 6.45) is 3.29. The lowest BCUT2D eigenvalue weighted by Gasteiger charge is -2.13. The number of nitrogens with zero attached hydrogens (tertiary/aromatic N) is 3. The molecule has 0 spiro atoms. The van der Waals surface area contributed by atoms with Crippen molar-refractivity contribution in [3.8, 4) is 11.5 Å². The van der Waals surface area contributed by atoms with Crippen LogP contribution in [0, 0.1) is 0 Å². The van der Waals surface area contributed by atoms with E-state index < -0.39 is 0 Å². The van der Waals surface area contributed by atoms with Gasteiger partial charge in [0.05, 0.1) is 7.11 Å². The van der Waals surface area contributed by atoms with E-state index in [1.807, 2.05) is 25.2 Å². The second kappa shape index (κ2) is 7.08. The van der Waals surface area contributed by atoms with Crippen molar-refractivity contribution in [2.75, 3.05) is 7.11 Å². The van der Waals surface area contributed by atoms with Gasteiger partial charge in [0.15, 0.2) is 17.3 Å². The summed E-state index contributed by atoms with van der Waals surface area (Å²) in [5, 5.41) is 4.01. The maximum atomic E-state index is 5.98. The van der Waals surface area contributed by atoms with Gasteiger partial charge in [0, 0.05) is 13.1 Å². The molecule has 1 aromatic heterocycles. The molecule has 1 unspecified atom stereocenters. The molecule has 0 aliphatic carbocycles. The van der Waals surface area contributed by atoms with Gasteiger partial charge in [0.2, 0.25) is 0 Å². The first-order valence-electron chi connectivity index (χ1n) is 7.02. The summed E-state index contributed by atoms with van der Waals surface area (Å²) in [5.41, 5.74) is 7.13. The summed E-state index contributed by atoms with van der Waals surface area (Å²) < 4.78 is 12.8. The van der Waals surface area contributed by atoms with Crippen LogP contribution in [0.25, 0.3) is 0 Å². The van der Waals surface area contributed by atoms with Crippen LogP contribution in [0.15, 0.2) is 24.5 Å². The van der Waals surface area contributed by atoms with Crippen LogP contribution in [0.2, 0.25) is 0 Å². The zero-order chi connectivity index (χ0) is 15.2. The van der Waals surface area contributed by atoms with Crippen molar-refractivity contribution in [3.63, 3.8) is 0 Å². The molecule has 1 aromatic carbocycles. The van der Waals surface area contributed by atoms with E-state index in [1.54, 1.807) is 11.8 Å². The molecule has 0 saturated carbocycles. The lowest BCUT2D eigenvalue weighted by Crippen LogP contribution is -2.21. The van der Waals surface area contributed by atoms with Gasteiger partial charge < -0.3 is 15.2 Å². The first-order valence-corrected chi connectivity index (χ1v) is 7.02. The number of aromatic nitrogens is 3. The van der Waals surface area contributed by atoms with Crippen LogP contribution in [0.4, 0.5) is 0 Å². The molecule has 6 nitrogen and oxygen atoms in total. The lowest BCUT2D eigenvalue weighted by atomic mass is 10.0. The highest BCUT2D eigenvalue weighted by Crippen LogP contribution is 2.29. The Morgan fingerprint density at radius 1 is 1.33 bits per heavy atom. The molecule has 0 aliphatic rings. The van der Waals surface area contributed by atoms with Gasteiger partial charge in [-0.15, -0.1) is 0 Å². The van der Waals surface area contributed by atoms with E-state index in [9.17, 15) is 0 Å². The standard InChI is InChI=1S/C15H22N4O2/c1-4-12(16)7-11-5-6-13(14(8-11)20-3)21-9-15-17-10-18-19(15)2/h5-6,8,10,12H,4,7,9,16H2,1-3H3. The van der Waals surface area contributed by atoms with Crippen molar-refractivity contribution in [2.45, 2.75) is 32.4 Å². The highest BCUT2D eigenvalue weighted by atomic mass is 16.5. The van der Waals surface area contributed by atoms with Crippen molar-refractivity contribution < 1.29 is 9.47 Å². The number of methoxy groups -OCH3 is 1. The molecule has 0 amide bonds. The molecule has 0 fully saturated rings. The molecule has 21 heavy (non-hydrogen) atoms. The molecule has 0 saturated heterocycles. The summed E-state index contributed by atoms with van der Waals surface area (Å²) in [4.78, 5) is 4.12. The van der Waals surface area contributed by atoms with Crippen LogP contribution in [-0.2, 0) is 20.1 Å². The zero-order valence-electron chi connectivity index (χ0n) is 12.7. The summed E-state index contributed by atoms with van der Waals surface area (Å²) in [7, 11) is 3.46. The number of hydrogen-bond acceptors (Lipinski definition) is 5. The molecular weight excluding hydrogens is 268 g/mol. The van der Waals surface area contributed by atoms with E-state index in [4.69, 9.17) is 15.2 Å². The van der Waals surface area contributed by atoms with Crippen molar-refractivity contribution >= 4 is 0 Å². The minimum atomic E-state index is 0.167. The Balaban J connectivity index is 2.07. The number of benzene rings is 1. The minimum absolute atomic E-state index is 0.167. The SMILES string of the molecule is CCC(N)Cc1ccc(OCc2ncnn2C)c(OC)c1. The third-order valence-electron chi connectivity index (χ3n) is 3.41. The third-order valence-corrected chi connectivity index (χ3v) is 3.41. The Labute approximate surface area is 124 Å². The maximum absolute atomic E-state index is 5.98. The number of nitrogens with two attached hydrogens (primary N) is 1. The topological polar surface area (TPSA) is 75.2 Å². The average Bonchev–Trinajstić information content (AvgIpc) is 2.90. The van der Waals surface area contributed by atoms with Crippen LogP contribution in [-0.4, -0.2) is 27.9 Å². The fraction of sp³-hybridized carbons (Fsp3) is 0.467. The van der Waals surface area contributed by atoms with E-state index in [1.165, 1.54) is 6.33 Å². The van der Waals surface area contributed by atoms with Crippen molar-refractivity contribution in [1.82, 2.24) is 14.8 Å². The molecule has 1 heterocycles. The van der Waals surface area contributed by atoms with E-state index in [0.29, 0.717) is 18.1 Å². The zero-order valence-corrected chi connectivity index (χ0v) is 12.7. The third kappa shape index (κ3) is 3.95. The van der Waals surface area contributed by atoms with Crippen LogP contribution in [0.1, 0.15) is 24.7 Å². The quantitative estimate of drug-likeness (QED) is 0.839. The first-order chi connectivity index (χ1) is 10.1. The summed E-state index contributed by atoms with van der Waals surface area (Å²) >= 11 is 0. The predicted molar refractivity (Wildman–Crippen MR) is 80.3 cm³/mol. The lowest BCUT2D eigenvalue weighted by molar-refractivity contribution is 0.271. The molecular formula is C15H22N4O2. The van der Waals surface area contributed by atoms with Gasteiger partial charge in [-0.3, -0.25) is 4.68 Å². The number of hydrogen-bond donors (Lipinski definition) is 1. The van der Waals surface area contributed by atoms with Gasteiger partial charge in [0.1, 0.15) is 12.9 Å². The average molecular weight is 290 g/mol. The Bertz CT molecular complexity index is 583. The second-order valence-electron chi connectivity index (χ2n) is 4.95. The van der Waals surface area contributed by atoms with Gasteiger partial charge in [-0.05, 0) is 30.5 Å². The number of rotatable bonds is 7. The maximum Gasteiger partial charge on any atom is 0.164 e. The molecule has 2 rings (SSSR count). The number of ether oxygens (including phenoxy) is 2. The van der Waals surface area contributed by atoms with Gasteiger partial charge in [-0.25, -0.2) is 4.98 Å². The number of aryl methyl sites for hydroxylation is 1. The predicted octanol–water partition coefficient (Wildman–Crippen LogP) is 1.68. The fourth-order valence-corrected chi connectivity index (χ4v) is 2.00. The van der Waals surface area contributed by atoms with Crippen LogP contribution in [0.5, 0.6) is 11.5 Å². The first kappa shape index (κ1) is 15.3. The summed E-state index contributed by atoms with van der Waals surface area (Å²) in [5.74, 6) is 2.15. The summed E-state index contributed by atoms with van der Waals surface area (Å²) in [6.45, 7) is 2.43. The normalized spacial score (nSPS) is 12.2. The van der Waals surface area contributed by atoms with E-state index >= 15 is 0 Å². The highest BCUT2D eigenvalue weighted by molar-refractivity contribution is 5.43. The molecule has 0 bridgehead atoms. The fourth-order valence-electron chi connectivity index (χ4n) is 2.00. The molecule has 2 N–H and O–H groups in total. The Hall–Kier alpha value is -2.08. The van der Waals surface area contributed by atoms with Crippen molar-refractivity contribution in [3.05, 3.63) is 35.9 Å². The molecule has 1 atom stereocenters. The van der Waals surface area contributed by atoms with Gasteiger partial charge >= 0.3 is 0 Å². The molecule has 0 radical (unpaired) electrons. The van der Waals surface area contributed by atoms with E-state index in [-0.39, 0.29) is 6.04 Å². The Kier molecular flexibility index (Phi) is 5.16. The second-order valence-corrected chi connectivity index (χ2v) is 4.95. The van der Waals surface area contributed by atoms with Crippen LogP contribution >= 0.6 is 0 Å². The van der Waals surface area contributed by atoms with Crippen LogP contribution in [0.3, 0.4) is 0 Å². The monoisotopic (exact) mass is 290 g/mol. The van der Waals surface area contributed by atoms with E-state index in [0.717, 1.165) is 24.2 Å². The minimum Gasteiger partial charge on any atom is -0.493 e. The van der Waals surface area contributed by atoms with Gasteiger partial charge in [-0.2, -0.15) is 5.10 Å². The van der Waals surface area contributed by atoms with Crippen LogP contribution < -0.4 is 15.2 Å². The smallest absolute Gasteiger partial charge is 0.164 e. The van der Waals surface area contributed by atoms with E-state index in [2.05, 4.69) is 17.0 Å². The van der Waals surface area contributed by atoms with Crippen molar-refractivity contribution in [2.24, 2.45) is 12.8 Å². The summed E-state index contributed by atoms with van der Waals surface area (Å²) in [6, 6.07) is 6.07. The molecule has 114 valence electrons. The van der Waals surface area contributed by atoms with Gasteiger partial charge in [-0.1, -0.05) is 13.0 Å². The van der Waals surface area contributed by atoms with Gasteiger partial charge in [0.25, 0.3) is 0 Å². The molecule has 0 aliphatic heterocycles. The Morgan fingerprint density at radius 3 is 2.76 bits per heavy atom. The van der Waals surface area contributed by atoms with Crippen molar-refractivity contribution in [1.29, 1.82) is 0 Å². The largest absolute Gasteiger partial charge is 0.493 e. The molecule has 2 aromatic rings.